The van der Waals surface area contributed by atoms with Crippen LogP contribution in [-0.4, -0.2) is 11.5 Å². The largest absolute Gasteiger partial charge is 0.363 e. The highest BCUT2D eigenvalue weighted by Crippen LogP contribution is 2.04. The zero-order valence-electron chi connectivity index (χ0n) is 5.25. The minimum absolute atomic E-state index is 0.368. The lowest BCUT2D eigenvalue weighted by atomic mass is 10.5. The zero-order chi connectivity index (χ0) is 7.40. The Kier molecular flexibility index (Phi) is 2.04. The van der Waals surface area contributed by atoms with Gasteiger partial charge in [-0.3, -0.25) is 0 Å². The Labute approximate surface area is 57.5 Å². The predicted octanol–water partition coefficient (Wildman–Crippen LogP) is 1.57. The van der Waals surface area contributed by atoms with Gasteiger partial charge in [0, 0.05) is 6.07 Å². The van der Waals surface area contributed by atoms with Crippen molar-refractivity contribution in [2.24, 2.45) is 0 Å². The van der Waals surface area contributed by atoms with Crippen LogP contribution in [0.25, 0.3) is 0 Å². The van der Waals surface area contributed by atoms with Gasteiger partial charge in [-0.05, 0) is 6.08 Å². The molecule has 0 amide bonds. The van der Waals surface area contributed by atoms with E-state index < -0.39 is 6.30 Å². The van der Waals surface area contributed by atoms with E-state index >= 15 is 0 Å². The summed E-state index contributed by atoms with van der Waals surface area (Å²) in [6.45, 7) is 3.25. The second-order valence-corrected chi connectivity index (χ2v) is 1.67. The number of alkyl halides is 1. The first-order valence-corrected chi connectivity index (χ1v) is 2.76. The lowest BCUT2D eigenvalue weighted by molar-refractivity contribution is 0.410. The number of rotatable bonds is 3. The zero-order valence-corrected chi connectivity index (χ0v) is 5.25. The van der Waals surface area contributed by atoms with Crippen LogP contribution in [0.3, 0.4) is 0 Å². The highest BCUT2D eigenvalue weighted by molar-refractivity contribution is 5.32. The molecule has 0 saturated carbocycles. The minimum atomic E-state index is -1.27. The first kappa shape index (κ1) is 6.80. The normalized spacial score (nSPS) is 12.5. The van der Waals surface area contributed by atoms with E-state index in [0.717, 1.165) is 6.08 Å². The monoisotopic (exact) mass is 142 g/mol. The molecule has 0 radical (unpaired) electrons. The summed E-state index contributed by atoms with van der Waals surface area (Å²) in [5.41, 5.74) is 0. The third-order valence-corrected chi connectivity index (χ3v) is 0.931. The predicted molar refractivity (Wildman–Crippen MR) is 35.2 cm³/mol. The van der Waals surface area contributed by atoms with Gasteiger partial charge in [-0.15, -0.1) is 0 Å². The lowest BCUT2D eigenvalue weighted by Gasteiger charge is -2.00. The van der Waals surface area contributed by atoms with Crippen LogP contribution in [0.5, 0.6) is 0 Å². The summed E-state index contributed by atoms with van der Waals surface area (Å²) in [5, 5.41) is 5.81. The Balaban J connectivity index is 2.47. The fraction of sp³-hybridized carbons (Fsp3) is 0.167. The molecule has 0 aliphatic carbocycles. The molecule has 54 valence electrons. The van der Waals surface area contributed by atoms with Crippen molar-refractivity contribution in [3.63, 3.8) is 0 Å². The van der Waals surface area contributed by atoms with E-state index in [1.807, 2.05) is 0 Å². The molecule has 0 fully saturated rings. The second kappa shape index (κ2) is 3.00. The van der Waals surface area contributed by atoms with Crippen molar-refractivity contribution in [2.75, 3.05) is 5.32 Å². The number of hydrogen-bond acceptors (Lipinski definition) is 3. The molecular weight excluding hydrogens is 135 g/mol. The molecule has 0 saturated heterocycles. The van der Waals surface area contributed by atoms with Gasteiger partial charge >= 0.3 is 0 Å². The Bertz CT molecular complexity index is 198. The molecule has 1 aromatic heterocycles. The van der Waals surface area contributed by atoms with Gasteiger partial charge < -0.3 is 9.84 Å². The summed E-state index contributed by atoms with van der Waals surface area (Å²) >= 11 is 0. The number of halogens is 1. The molecule has 1 atom stereocenters. The minimum Gasteiger partial charge on any atom is -0.363 e. The fourth-order valence-corrected chi connectivity index (χ4v) is 0.487. The third kappa shape index (κ3) is 1.58. The van der Waals surface area contributed by atoms with Crippen molar-refractivity contribution in [3.8, 4) is 0 Å². The molecule has 1 rings (SSSR count). The molecule has 0 aromatic carbocycles. The molecule has 10 heavy (non-hydrogen) atoms. The van der Waals surface area contributed by atoms with Crippen LogP contribution in [0.4, 0.5) is 10.2 Å². The van der Waals surface area contributed by atoms with Crippen LogP contribution < -0.4 is 5.32 Å². The maximum atomic E-state index is 12.4. The third-order valence-electron chi connectivity index (χ3n) is 0.931. The molecule has 0 bridgehead atoms. The second-order valence-electron chi connectivity index (χ2n) is 1.67. The molecule has 1 heterocycles. The number of hydrogen-bond donors (Lipinski definition) is 1. The van der Waals surface area contributed by atoms with Gasteiger partial charge in [-0.25, -0.2) is 4.39 Å². The Morgan fingerprint density at radius 3 is 3.20 bits per heavy atom. The van der Waals surface area contributed by atoms with Gasteiger partial charge in [0.25, 0.3) is 0 Å². The van der Waals surface area contributed by atoms with Crippen molar-refractivity contribution in [1.82, 2.24) is 5.16 Å². The summed E-state index contributed by atoms with van der Waals surface area (Å²) in [4.78, 5) is 0. The number of nitrogens with zero attached hydrogens (tertiary/aromatic N) is 1. The van der Waals surface area contributed by atoms with Gasteiger partial charge in [0.2, 0.25) is 0 Å². The topological polar surface area (TPSA) is 38.1 Å². The summed E-state index contributed by atoms with van der Waals surface area (Å²) < 4.78 is 16.8. The van der Waals surface area contributed by atoms with E-state index in [1.54, 1.807) is 0 Å². The molecule has 0 aliphatic heterocycles. The fourth-order valence-electron chi connectivity index (χ4n) is 0.487. The highest BCUT2D eigenvalue weighted by atomic mass is 19.1. The van der Waals surface area contributed by atoms with E-state index in [-0.39, 0.29) is 0 Å². The molecule has 1 aromatic rings. The summed E-state index contributed by atoms with van der Waals surface area (Å²) in [5.74, 6) is 0.368. The summed E-state index contributed by atoms with van der Waals surface area (Å²) in [7, 11) is 0. The van der Waals surface area contributed by atoms with Crippen LogP contribution >= 0.6 is 0 Å². The Morgan fingerprint density at radius 2 is 2.70 bits per heavy atom. The van der Waals surface area contributed by atoms with Gasteiger partial charge in [0.15, 0.2) is 12.1 Å². The van der Waals surface area contributed by atoms with Crippen molar-refractivity contribution >= 4 is 5.82 Å². The maximum absolute atomic E-state index is 12.4. The van der Waals surface area contributed by atoms with Crippen molar-refractivity contribution < 1.29 is 8.91 Å². The van der Waals surface area contributed by atoms with Gasteiger partial charge in [0.05, 0.1) is 0 Å². The quantitative estimate of drug-likeness (QED) is 0.514. The number of anilines is 1. The molecule has 4 heteroatoms. The molecule has 0 aliphatic rings. The molecule has 1 unspecified atom stereocenters. The summed E-state index contributed by atoms with van der Waals surface area (Å²) in [6, 6.07) is 1.52. The van der Waals surface area contributed by atoms with Crippen LogP contribution in [0, 0.1) is 0 Å². The van der Waals surface area contributed by atoms with Crippen molar-refractivity contribution in [1.29, 1.82) is 0 Å². The average Bonchev–Trinajstić information content (AvgIpc) is 2.40. The number of aromatic nitrogens is 1. The van der Waals surface area contributed by atoms with Crippen LogP contribution in [-0.2, 0) is 0 Å². The summed E-state index contributed by atoms with van der Waals surface area (Å²) in [6.07, 6.45) is 1.22. The molecule has 3 nitrogen and oxygen atoms in total. The van der Waals surface area contributed by atoms with Gasteiger partial charge in [-0.1, -0.05) is 11.7 Å². The molecule has 1 N–H and O–H groups in total. The average molecular weight is 142 g/mol. The lowest BCUT2D eigenvalue weighted by Crippen LogP contribution is -2.09. The van der Waals surface area contributed by atoms with E-state index in [1.165, 1.54) is 12.3 Å². The SMILES string of the molecule is C=CC(F)Nc1ccon1. The number of nitrogens with one attached hydrogen (secondary N) is 1. The van der Waals surface area contributed by atoms with Gasteiger partial charge in [0.1, 0.15) is 6.26 Å². The molecule has 0 spiro atoms. The van der Waals surface area contributed by atoms with E-state index in [9.17, 15) is 4.39 Å². The Morgan fingerprint density at radius 1 is 1.90 bits per heavy atom. The maximum Gasteiger partial charge on any atom is 0.189 e. The molecular formula is C6H7FN2O. The van der Waals surface area contributed by atoms with Crippen molar-refractivity contribution in [2.45, 2.75) is 6.30 Å². The van der Waals surface area contributed by atoms with E-state index in [4.69, 9.17) is 0 Å². The van der Waals surface area contributed by atoms with Crippen molar-refractivity contribution in [3.05, 3.63) is 25.0 Å². The first-order chi connectivity index (χ1) is 4.83. The van der Waals surface area contributed by atoms with Crippen LogP contribution in [0.1, 0.15) is 0 Å². The Hall–Kier alpha value is -1.32. The van der Waals surface area contributed by atoms with Crippen LogP contribution in [0.2, 0.25) is 0 Å². The van der Waals surface area contributed by atoms with Crippen LogP contribution in [0.15, 0.2) is 29.5 Å². The van der Waals surface area contributed by atoms with Gasteiger partial charge in [-0.2, -0.15) is 0 Å². The highest BCUT2D eigenvalue weighted by Gasteiger charge is 2.00. The first-order valence-electron chi connectivity index (χ1n) is 2.76. The van der Waals surface area contributed by atoms with E-state index in [0.29, 0.717) is 5.82 Å². The smallest absolute Gasteiger partial charge is 0.189 e. The van der Waals surface area contributed by atoms with E-state index in [2.05, 4.69) is 21.6 Å². The standard InChI is InChI=1S/C6H7FN2O/c1-2-5(7)8-6-3-4-10-9-6/h2-5H,1H2,(H,8,9).